The highest BCUT2D eigenvalue weighted by Gasteiger charge is 2.18. The van der Waals surface area contributed by atoms with Gasteiger partial charge in [-0.15, -0.1) is 0 Å². The second kappa shape index (κ2) is 6.67. The number of likely N-dealkylation sites (N-methyl/N-ethyl adjacent to an activating group) is 2. The van der Waals surface area contributed by atoms with Crippen molar-refractivity contribution in [2.24, 2.45) is 10.9 Å². The van der Waals surface area contributed by atoms with Crippen molar-refractivity contribution >= 4 is 5.84 Å². The van der Waals surface area contributed by atoms with Crippen LogP contribution in [0.3, 0.4) is 0 Å². The summed E-state index contributed by atoms with van der Waals surface area (Å²) >= 11 is 0. The minimum atomic E-state index is 0.260. The lowest BCUT2D eigenvalue weighted by atomic mass is 10.2. The van der Waals surface area contributed by atoms with E-state index in [4.69, 9.17) is 15.7 Å². The van der Waals surface area contributed by atoms with Gasteiger partial charge in [-0.3, -0.25) is 0 Å². The fourth-order valence-corrected chi connectivity index (χ4v) is 1.77. The first kappa shape index (κ1) is 13.2. The third-order valence-electron chi connectivity index (χ3n) is 2.74. The molecule has 1 atom stereocenters. The van der Waals surface area contributed by atoms with Gasteiger partial charge in [-0.1, -0.05) is 5.16 Å². The van der Waals surface area contributed by atoms with E-state index in [0.29, 0.717) is 6.42 Å². The number of hydrogen-bond acceptors (Lipinski definition) is 5. The molecule has 1 heterocycles. The lowest BCUT2D eigenvalue weighted by molar-refractivity contribution is -0.0321. The van der Waals surface area contributed by atoms with Crippen LogP contribution in [-0.4, -0.2) is 73.8 Å². The second-order valence-electron chi connectivity index (χ2n) is 4.36. The van der Waals surface area contributed by atoms with E-state index in [1.807, 2.05) is 7.05 Å². The molecule has 1 rings (SSSR count). The summed E-state index contributed by atoms with van der Waals surface area (Å²) < 4.78 is 5.66. The Kier molecular flexibility index (Phi) is 5.51. The van der Waals surface area contributed by atoms with Crippen LogP contribution in [0.15, 0.2) is 5.16 Å². The molecule has 1 aliphatic rings. The third kappa shape index (κ3) is 4.78. The summed E-state index contributed by atoms with van der Waals surface area (Å²) in [6, 6.07) is 0. The van der Waals surface area contributed by atoms with Crippen LogP contribution in [0.25, 0.3) is 0 Å². The van der Waals surface area contributed by atoms with Crippen molar-refractivity contribution in [3.63, 3.8) is 0 Å². The Morgan fingerprint density at radius 2 is 2.44 bits per heavy atom. The molecule has 1 fully saturated rings. The largest absolute Gasteiger partial charge is 0.409 e. The topological polar surface area (TPSA) is 74.3 Å². The monoisotopic (exact) mass is 230 g/mol. The molecule has 1 aliphatic heterocycles. The Labute approximate surface area is 96.6 Å². The molecule has 0 aromatic carbocycles. The van der Waals surface area contributed by atoms with Crippen LogP contribution in [0.2, 0.25) is 0 Å². The van der Waals surface area contributed by atoms with Crippen molar-refractivity contribution < 1.29 is 9.94 Å². The summed E-state index contributed by atoms with van der Waals surface area (Å²) in [5.41, 5.74) is 5.41. The van der Waals surface area contributed by atoms with Gasteiger partial charge in [0.2, 0.25) is 0 Å². The van der Waals surface area contributed by atoms with Gasteiger partial charge in [0.1, 0.15) is 5.84 Å². The second-order valence-corrected chi connectivity index (χ2v) is 4.36. The Morgan fingerprint density at radius 3 is 3.06 bits per heavy atom. The average molecular weight is 230 g/mol. The zero-order valence-electron chi connectivity index (χ0n) is 10.1. The highest BCUT2D eigenvalue weighted by molar-refractivity contribution is 5.79. The zero-order valence-corrected chi connectivity index (χ0v) is 10.1. The maximum absolute atomic E-state index is 8.42. The predicted octanol–water partition coefficient (Wildman–Crippen LogP) is -0.615. The van der Waals surface area contributed by atoms with Gasteiger partial charge >= 0.3 is 0 Å². The normalized spacial score (nSPS) is 23.9. The summed E-state index contributed by atoms with van der Waals surface area (Å²) in [5.74, 6) is 0.272. The lowest BCUT2D eigenvalue weighted by Crippen LogP contribution is -2.45. The highest BCUT2D eigenvalue weighted by Crippen LogP contribution is 2.04. The number of nitrogens with two attached hydrogens (primary N) is 1. The van der Waals surface area contributed by atoms with Gasteiger partial charge in [-0.25, -0.2) is 0 Å². The first-order chi connectivity index (χ1) is 7.61. The molecule has 6 heteroatoms. The summed E-state index contributed by atoms with van der Waals surface area (Å²) in [6.07, 6.45) is 0.839. The zero-order chi connectivity index (χ0) is 12.0. The molecular formula is C10H22N4O2. The Morgan fingerprint density at radius 1 is 1.69 bits per heavy atom. The standard InChI is InChI=1S/C10H22N4O2/c1-13(4-3-10(11)12-15)7-9-8-14(2)5-6-16-9/h9,15H,3-8H2,1-2H3,(H2,11,12). The van der Waals surface area contributed by atoms with E-state index < -0.39 is 0 Å². The van der Waals surface area contributed by atoms with E-state index in [2.05, 4.69) is 22.0 Å². The number of hydrogen-bond donors (Lipinski definition) is 2. The fourth-order valence-electron chi connectivity index (χ4n) is 1.77. The molecule has 0 amide bonds. The highest BCUT2D eigenvalue weighted by atomic mass is 16.5. The third-order valence-corrected chi connectivity index (χ3v) is 2.74. The van der Waals surface area contributed by atoms with E-state index in [1.165, 1.54) is 0 Å². The number of oxime groups is 1. The van der Waals surface area contributed by atoms with Gasteiger partial charge in [0.15, 0.2) is 0 Å². The average Bonchev–Trinajstić information content (AvgIpc) is 2.26. The van der Waals surface area contributed by atoms with E-state index in [1.54, 1.807) is 0 Å². The number of morpholine rings is 1. The molecule has 1 unspecified atom stereocenters. The van der Waals surface area contributed by atoms with Crippen LogP contribution in [0.4, 0.5) is 0 Å². The molecular weight excluding hydrogens is 208 g/mol. The molecule has 1 saturated heterocycles. The molecule has 16 heavy (non-hydrogen) atoms. The van der Waals surface area contributed by atoms with E-state index >= 15 is 0 Å². The van der Waals surface area contributed by atoms with Crippen LogP contribution in [0.1, 0.15) is 6.42 Å². The van der Waals surface area contributed by atoms with Gasteiger partial charge in [-0.2, -0.15) is 0 Å². The van der Waals surface area contributed by atoms with Crippen LogP contribution >= 0.6 is 0 Å². The Bertz CT molecular complexity index is 235. The number of nitrogens with zero attached hydrogens (tertiary/aromatic N) is 3. The molecule has 94 valence electrons. The first-order valence-electron chi connectivity index (χ1n) is 5.57. The Hall–Kier alpha value is -0.850. The number of amidine groups is 1. The van der Waals surface area contributed by atoms with Gasteiger partial charge in [0, 0.05) is 32.6 Å². The van der Waals surface area contributed by atoms with Crippen LogP contribution in [0, 0.1) is 0 Å². The van der Waals surface area contributed by atoms with Crippen molar-refractivity contribution in [3.8, 4) is 0 Å². The number of ether oxygens (including phenoxy) is 1. The lowest BCUT2D eigenvalue weighted by Gasteiger charge is -2.32. The molecule has 0 aromatic heterocycles. The van der Waals surface area contributed by atoms with Crippen LogP contribution in [-0.2, 0) is 4.74 Å². The van der Waals surface area contributed by atoms with E-state index in [-0.39, 0.29) is 11.9 Å². The summed E-state index contributed by atoms with van der Waals surface area (Å²) in [5, 5.41) is 11.4. The molecule has 0 bridgehead atoms. The van der Waals surface area contributed by atoms with Crippen LogP contribution < -0.4 is 5.73 Å². The molecule has 0 saturated carbocycles. The summed E-state index contributed by atoms with van der Waals surface area (Å²) in [4.78, 5) is 4.41. The summed E-state index contributed by atoms with van der Waals surface area (Å²) in [7, 11) is 4.12. The van der Waals surface area contributed by atoms with Crippen LogP contribution in [0.5, 0.6) is 0 Å². The fraction of sp³-hybridized carbons (Fsp3) is 0.900. The molecule has 3 N–H and O–H groups in total. The SMILES string of the molecule is CN1CCOC(CN(C)CCC(N)=NO)C1. The van der Waals surface area contributed by atoms with Crippen molar-refractivity contribution in [3.05, 3.63) is 0 Å². The molecule has 0 aromatic rings. The molecule has 0 radical (unpaired) electrons. The minimum absolute atomic E-state index is 0.260. The van der Waals surface area contributed by atoms with E-state index in [0.717, 1.165) is 32.8 Å². The van der Waals surface area contributed by atoms with Crippen molar-refractivity contribution in [2.45, 2.75) is 12.5 Å². The predicted molar refractivity (Wildman–Crippen MR) is 62.8 cm³/mol. The minimum Gasteiger partial charge on any atom is -0.409 e. The van der Waals surface area contributed by atoms with Gasteiger partial charge in [0.25, 0.3) is 0 Å². The van der Waals surface area contributed by atoms with E-state index in [9.17, 15) is 0 Å². The molecule has 0 spiro atoms. The number of rotatable bonds is 5. The van der Waals surface area contributed by atoms with Gasteiger partial charge < -0.3 is 25.5 Å². The van der Waals surface area contributed by atoms with Gasteiger partial charge in [0.05, 0.1) is 12.7 Å². The molecule has 6 nitrogen and oxygen atoms in total. The van der Waals surface area contributed by atoms with Crippen molar-refractivity contribution in [1.29, 1.82) is 0 Å². The first-order valence-corrected chi connectivity index (χ1v) is 5.57. The quantitative estimate of drug-likeness (QED) is 0.285. The van der Waals surface area contributed by atoms with Crippen molar-refractivity contribution in [2.75, 3.05) is 46.9 Å². The Balaban J connectivity index is 2.20. The molecule has 0 aliphatic carbocycles. The van der Waals surface area contributed by atoms with Gasteiger partial charge in [-0.05, 0) is 14.1 Å². The maximum atomic E-state index is 8.42. The smallest absolute Gasteiger partial charge is 0.140 e. The maximum Gasteiger partial charge on any atom is 0.140 e. The summed E-state index contributed by atoms with van der Waals surface area (Å²) in [6.45, 7) is 4.43. The van der Waals surface area contributed by atoms with Crippen molar-refractivity contribution in [1.82, 2.24) is 9.80 Å².